The smallest absolute Gasteiger partial charge is 0.345 e. The van der Waals surface area contributed by atoms with Crippen molar-refractivity contribution in [1.82, 2.24) is 4.90 Å². The van der Waals surface area contributed by atoms with Gasteiger partial charge >= 0.3 is 5.63 Å². The van der Waals surface area contributed by atoms with Crippen LogP contribution < -0.4 is 10.5 Å². The van der Waals surface area contributed by atoms with Gasteiger partial charge in [-0.2, -0.15) is 5.26 Å². The molecule has 1 aliphatic carbocycles. The lowest BCUT2D eigenvalue weighted by atomic mass is 9.83. The van der Waals surface area contributed by atoms with E-state index in [4.69, 9.17) is 9.41 Å². The molecule has 1 saturated heterocycles. The molecular weight excluding hydrogens is 400 g/mol. The van der Waals surface area contributed by atoms with E-state index in [1.54, 1.807) is 6.08 Å². The van der Waals surface area contributed by atoms with E-state index in [1.807, 2.05) is 36.4 Å². The Kier molecular flexibility index (Phi) is 5.28. The first-order valence-electron chi connectivity index (χ1n) is 11.1. The topological polar surface area (TPSA) is 72.8 Å². The number of aliphatic imine (C=N–C) groups is 1. The summed E-state index contributed by atoms with van der Waals surface area (Å²) in [5.41, 5.74) is 3.99. The van der Waals surface area contributed by atoms with E-state index in [-0.39, 0.29) is 17.5 Å². The summed E-state index contributed by atoms with van der Waals surface area (Å²) in [7, 11) is 2.13. The van der Waals surface area contributed by atoms with E-state index in [9.17, 15) is 10.1 Å². The molecule has 2 unspecified atom stereocenters. The Morgan fingerprint density at radius 2 is 1.97 bits per heavy atom. The fraction of sp³-hybridized carbons (Fsp3) is 0.346. The number of rotatable bonds is 2. The first-order chi connectivity index (χ1) is 15.5. The number of nitriles is 1. The summed E-state index contributed by atoms with van der Waals surface area (Å²) in [5, 5.41) is 10.1. The number of hydrogen-bond acceptors (Lipinski definition) is 6. The van der Waals surface area contributed by atoms with Crippen LogP contribution in [0.3, 0.4) is 0 Å². The lowest BCUT2D eigenvalue weighted by Gasteiger charge is -2.34. The molecule has 0 bridgehead atoms. The predicted octanol–water partition coefficient (Wildman–Crippen LogP) is 4.00. The Bertz CT molecular complexity index is 1280. The summed E-state index contributed by atoms with van der Waals surface area (Å²) in [6.45, 7) is 6.10. The van der Waals surface area contributed by atoms with Gasteiger partial charge in [0, 0.05) is 60.5 Å². The molecular formula is C26H26N4O2. The highest BCUT2D eigenvalue weighted by Gasteiger charge is 2.27. The molecule has 0 saturated carbocycles. The minimum Gasteiger partial charge on any atom is -0.422 e. The summed E-state index contributed by atoms with van der Waals surface area (Å²) in [6, 6.07) is 10.2. The van der Waals surface area contributed by atoms with Crippen molar-refractivity contribution in [2.75, 3.05) is 38.1 Å². The van der Waals surface area contributed by atoms with E-state index >= 15 is 0 Å². The van der Waals surface area contributed by atoms with Gasteiger partial charge < -0.3 is 14.2 Å². The molecule has 3 aliphatic rings. The zero-order valence-electron chi connectivity index (χ0n) is 18.4. The maximum absolute atomic E-state index is 12.9. The Morgan fingerprint density at radius 1 is 1.16 bits per heavy atom. The van der Waals surface area contributed by atoms with E-state index in [0.717, 1.165) is 49.4 Å². The van der Waals surface area contributed by atoms with Gasteiger partial charge in [0.1, 0.15) is 5.58 Å². The van der Waals surface area contributed by atoms with Crippen LogP contribution in [0, 0.1) is 23.2 Å². The molecule has 5 rings (SSSR count). The average Bonchev–Trinajstić information content (AvgIpc) is 3.01. The predicted molar refractivity (Wildman–Crippen MR) is 128 cm³/mol. The molecule has 1 fully saturated rings. The molecule has 2 atom stereocenters. The first-order valence-corrected chi connectivity index (χ1v) is 11.1. The van der Waals surface area contributed by atoms with Gasteiger partial charge in [0.05, 0.1) is 17.3 Å². The van der Waals surface area contributed by atoms with Crippen molar-refractivity contribution in [3.8, 4) is 6.07 Å². The average molecular weight is 427 g/mol. The van der Waals surface area contributed by atoms with Gasteiger partial charge in [-0.05, 0) is 49.7 Å². The Balaban J connectivity index is 1.48. The molecule has 0 N–H and O–H groups in total. The van der Waals surface area contributed by atoms with Crippen molar-refractivity contribution in [1.29, 1.82) is 5.26 Å². The van der Waals surface area contributed by atoms with Crippen molar-refractivity contribution in [3.05, 3.63) is 70.1 Å². The van der Waals surface area contributed by atoms with Gasteiger partial charge in [0.2, 0.25) is 0 Å². The van der Waals surface area contributed by atoms with Crippen molar-refractivity contribution >= 4 is 28.1 Å². The number of hydrogen-bond donors (Lipinski definition) is 0. The van der Waals surface area contributed by atoms with E-state index in [0.29, 0.717) is 22.4 Å². The van der Waals surface area contributed by atoms with Crippen molar-refractivity contribution in [3.63, 3.8) is 0 Å². The third-order valence-corrected chi connectivity index (χ3v) is 6.70. The highest BCUT2D eigenvalue weighted by Crippen LogP contribution is 2.33. The number of benzene rings is 1. The molecule has 6 nitrogen and oxygen atoms in total. The summed E-state index contributed by atoms with van der Waals surface area (Å²) >= 11 is 0. The number of nitrogens with zero attached hydrogens (tertiary/aromatic N) is 4. The molecule has 6 heteroatoms. The van der Waals surface area contributed by atoms with Gasteiger partial charge in [-0.1, -0.05) is 19.1 Å². The molecule has 2 aliphatic heterocycles. The quantitative estimate of drug-likeness (QED) is 0.679. The van der Waals surface area contributed by atoms with Crippen LogP contribution in [0.4, 0.5) is 5.69 Å². The van der Waals surface area contributed by atoms with Crippen molar-refractivity contribution < 1.29 is 4.42 Å². The van der Waals surface area contributed by atoms with Crippen molar-refractivity contribution in [2.24, 2.45) is 16.8 Å². The summed E-state index contributed by atoms with van der Waals surface area (Å²) in [6.07, 6.45) is 8.48. The highest BCUT2D eigenvalue weighted by molar-refractivity contribution is 6.03. The number of fused-ring (bicyclic) bond motifs is 2. The maximum atomic E-state index is 12.9. The van der Waals surface area contributed by atoms with Gasteiger partial charge in [-0.15, -0.1) is 0 Å². The minimum absolute atomic E-state index is 0.200. The number of piperazine rings is 1. The lowest BCUT2D eigenvalue weighted by Crippen LogP contribution is -2.44. The monoisotopic (exact) mass is 426 g/mol. The second-order valence-corrected chi connectivity index (χ2v) is 8.85. The number of likely N-dealkylation sites (N-methyl/N-ethyl adjacent to an activating group) is 1. The third-order valence-electron chi connectivity index (χ3n) is 6.70. The lowest BCUT2D eigenvalue weighted by molar-refractivity contribution is 0.313. The van der Waals surface area contributed by atoms with Crippen molar-refractivity contribution in [2.45, 2.75) is 13.3 Å². The molecule has 3 heterocycles. The van der Waals surface area contributed by atoms with Crippen LogP contribution in [0.15, 0.2) is 68.3 Å². The molecule has 0 amide bonds. The standard InChI is InChI=1S/C26H26N4O2/c1-17-13-24(28-23-8-4-18(16-27)3-7-21(17)23)22-14-19-5-6-20(15-25(19)32-26(22)31)30-11-9-29(2)10-12-30/h3-6,8,13-15,17,21H,7,9-12H2,1-2H3. The molecule has 0 spiro atoms. The second kappa shape index (κ2) is 8.25. The molecule has 162 valence electrons. The van der Waals surface area contributed by atoms with E-state index in [2.05, 4.69) is 35.9 Å². The molecule has 1 aromatic heterocycles. The Morgan fingerprint density at radius 3 is 2.75 bits per heavy atom. The fourth-order valence-electron chi connectivity index (χ4n) is 4.66. The van der Waals surface area contributed by atoms with Gasteiger partial charge in [0.25, 0.3) is 0 Å². The normalized spacial score (nSPS) is 23.7. The van der Waals surface area contributed by atoms with Crippen LogP contribution in [-0.4, -0.2) is 43.8 Å². The Hall–Kier alpha value is -3.43. The Labute approximate surface area is 187 Å². The van der Waals surface area contributed by atoms with Crippen LogP contribution >= 0.6 is 0 Å². The second-order valence-electron chi connectivity index (χ2n) is 8.85. The summed E-state index contributed by atoms with van der Waals surface area (Å²) in [5.74, 6) is 0.408. The van der Waals surface area contributed by atoms with E-state index in [1.165, 1.54) is 0 Å². The van der Waals surface area contributed by atoms with Crippen LogP contribution in [0.2, 0.25) is 0 Å². The molecule has 2 aromatic rings. The van der Waals surface area contributed by atoms with Crippen LogP contribution in [0.1, 0.15) is 18.9 Å². The number of anilines is 1. The van der Waals surface area contributed by atoms with Crippen LogP contribution in [0.5, 0.6) is 0 Å². The highest BCUT2D eigenvalue weighted by atomic mass is 16.4. The zero-order chi connectivity index (χ0) is 22.2. The third kappa shape index (κ3) is 3.80. The fourth-order valence-corrected chi connectivity index (χ4v) is 4.66. The first kappa shape index (κ1) is 20.5. The SMILES string of the molecule is CC1C=C(c2cc3ccc(N4CCN(C)CC4)cc3oc2=O)N=C2C=CC(C#N)=CCC21. The van der Waals surface area contributed by atoms with Gasteiger partial charge in [0.15, 0.2) is 0 Å². The zero-order valence-corrected chi connectivity index (χ0v) is 18.4. The minimum atomic E-state index is -0.372. The molecule has 32 heavy (non-hydrogen) atoms. The number of allylic oxidation sites excluding steroid dienone is 5. The van der Waals surface area contributed by atoms with Crippen LogP contribution in [-0.2, 0) is 0 Å². The summed E-state index contributed by atoms with van der Waals surface area (Å²) in [4.78, 5) is 22.4. The summed E-state index contributed by atoms with van der Waals surface area (Å²) < 4.78 is 5.75. The molecule has 0 radical (unpaired) electrons. The van der Waals surface area contributed by atoms with Crippen LogP contribution in [0.25, 0.3) is 16.7 Å². The van der Waals surface area contributed by atoms with Gasteiger partial charge in [-0.3, -0.25) is 4.99 Å². The van der Waals surface area contributed by atoms with E-state index < -0.39 is 0 Å². The largest absolute Gasteiger partial charge is 0.422 e. The molecule has 1 aromatic carbocycles. The van der Waals surface area contributed by atoms with Gasteiger partial charge in [-0.25, -0.2) is 4.79 Å². The maximum Gasteiger partial charge on any atom is 0.345 e.